The van der Waals surface area contributed by atoms with Crippen molar-refractivity contribution in [2.45, 2.75) is 38.8 Å². The molecule has 0 amide bonds. The first-order valence-electron chi connectivity index (χ1n) is 7.53. The van der Waals surface area contributed by atoms with Crippen LogP contribution >= 0.6 is 0 Å². The number of aromatic nitrogens is 2. The summed E-state index contributed by atoms with van der Waals surface area (Å²) in [6.07, 6.45) is 5.99. The maximum absolute atomic E-state index is 11.2. The highest BCUT2D eigenvalue weighted by atomic mass is 16.4. The number of benzene rings is 1. The third kappa shape index (κ3) is 4.63. The van der Waals surface area contributed by atoms with Crippen LogP contribution in [0.15, 0.2) is 42.7 Å². The van der Waals surface area contributed by atoms with Crippen molar-refractivity contribution in [2.75, 3.05) is 0 Å². The predicted octanol–water partition coefficient (Wildman–Crippen LogP) is 2.88. The highest BCUT2D eigenvalue weighted by Crippen LogP contribution is 2.13. The van der Waals surface area contributed by atoms with Gasteiger partial charge in [-0.1, -0.05) is 50.1 Å². The number of unbranched alkanes of at least 4 members (excludes halogenated alkanes) is 1. The maximum atomic E-state index is 11.2. The molecule has 0 fully saturated rings. The van der Waals surface area contributed by atoms with Gasteiger partial charge >= 0.3 is 5.97 Å². The second-order valence-electron chi connectivity index (χ2n) is 5.19. The third-order valence-electron chi connectivity index (χ3n) is 3.43. The summed E-state index contributed by atoms with van der Waals surface area (Å²) in [6.45, 7) is 2.50. The van der Waals surface area contributed by atoms with Crippen LogP contribution in [0.3, 0.4) is 0 Å². The monoisotopic (exact) mass is 299 g/mol. The smallest absolute Gasteiger partial charge is 0.320 e. The average molecular weight is 299 g/mol. The molecule has 5 nitrogen and oxygen atoms in total. The SMILES string of the molecule is CCCCC(NCc1cnc(-c2ccccc2)nc1)C(=O)O. The Morgan fingerprint density at radius 2 is 1.91 bits per heavy atom. The van der Waals surface area contributed by atoms with Gasteiger partial charge in [-0.05, 0) is 6.42 Å². The van der Waals surface area contributed by atoms with Crippen molar-refractivity contribution in [1.29, 1.82) is 0 Å². The summed E-state index contributed by atoms with van der Waals surface area (Å²) in [4.78, 5) is 19.8. The van der Waals surface area contributed by atoms with Crippen molar-refractivity contribution in [1.82, 2.24) is 15.3 Å². The lowest BCUT2D eigenvalue weighted by Crippen LogP contribution is -2.36. The number of carbonyl (C=O) groups is 1. The lowest BCUT2D eigenvalue weighted by molar-refractivity contribution is -0.139. The molecule has 2 rings (SSSR count). The zero-order valence-electron chi connectivity index (χ0n) is 12.7. The van der Waals surface area contributed by atoms with Gasteiger partial charge in [0.05, 0.1) is 0 Å². The molecular formula is C17H21N3O2. The lowest BCUT2D eigenvalue weighted by Gasteiger charge is -2.13. The number of carboxylic acid groups (broad SMARTS) is 1. The fourth-order valence-corrected chi connectivity index (χ4v) is 2.14. The summed E-state index contributed by atoms with van der Waals surface area (Å²) in [6, 6.07) is 9.23. The standard InChI is InChI=1S/C17H21N3O2/c1-2-3-9-15(17(21)22)18-10-13-11-19-16(20-12-13)14-7-5-4-6-8-14/h4-8,11-12,15,18H,2-3,9-10H2,1H3,(H,21,22). The minimum absolute atomic E-state index is 0.454. The fourth-order valence-electron chi connectivity index (χ4n) is 2.14. The van der Waals surface area contributed by atoms with Crippen LogP contribution in [0.1, 0.15) is 31.7 Å². The van der Waals surface area contributed by atoms with Crippen molar-refractivity contribution in [3.8, 4) is 11.4 Å². The summed E-state index contributed by atoms with van der Waals surface area (Å²) in [7, 11) is 0. The Kier molecular flexibility index (Phi) is 6.03. The number of aliphatic carboxylic acids is 1. The lowest BCUT2D eigenvalue weighted by atomic mass is 10.1. The Bertz CT molecular complexity index is 585. The van der Waals surface area contributed by atoms with Crippen molar-refractivity contribution in [3.63, 3.8) is 0 Å². The number of hydrogen-bond donors (Lipinski definition) is 2. The van der Waals surface area contributed by atoms with Crippen molar-refractivity contribution >= 4 is 5.97 Å². The largest absolute Gasteiger partial charge is 0.480 e. The minimum atomic E-state index is -0.810. The average Bonchev–Trinajstić information content (AvgIpc) is 2.56. The fraction of sp³-hybridized carbons (Fsp3) is 0.353. The number of nitrogens with zero attached hydrogens (tertiary/aromatic N) is 2. The van der Waals surface area contributed by atoms with E-state index < -0.39 is 12.0 Å². The molecule has 0 aliphatic heterocycles. The van der Waals surface area contributed by atoms with Gasteiger partial charge < -0.3 is 10.4 Å². The molecule has 1 aromatic carbocycles. The van der Waals surface area contributed by atoms with E-state index in [1.54, 1.807) is 12.4 Å². The molecule has 1 unspecified atom stereocenters. The molecule has 5 heteroatoms. The molecular weight excluding hydrogens is 278 g/mol. The van der Waals surface area contributed by atoms with Crippen molar-refractivity contribution < 1.29 is 9.90 Å². The van der Waals surface area contributed by atoms with E-state index >= 15 is 0 Å². The zero-order chi connectivity index (χ0) is 15.8. The molecule has 0 aliphatic carbocycles. The summed E-state index contributed by atoms with van der Waals surface area (Å²) in [5, 5.41) is 12.2. The second kappa shape index (κ2) is 8.24. The normalized spacial score (nSPS) is 12.0. The molecule has 0 bridgehead atoms. The molecule has 0 spiro atoms. The van der Waals surface area contributed by atoms with E-state index in [1.807, 2.05) is 30.3 Å². The van der Waals surface area contributed by atoms with Gasteiger partial charge in [-0.2, -0.15) is 0 Å². The first-order chi connectivity index (χ1) is 10.7. The first-order valence-corrected chi connectivity index (χ1v) is 7.53. The van der Waals surface area contributed by atoms with Gasteiger partial charge in [0, 0.05) is 30.1 Å². The molecule has 116 valence electrons. The number of nitrogens with one attached hydrogen (secondary N) is 1. The van der Waals surface area contributed by atoms with Gasteiger partial charge in [-0.15, -0.1) is 0 Å². The Morgan fingerprint density at radius 3 is 2.50 bits per heavy atom. The quantitative estimate of drug-likeness (QED) is 0.784. The first kappa shape index (κ1) is 16.1. The topological polar surface area (TPSA) is 75.1 Å². The highest BCUT2D eigenvalue weighted by Gasteiger charge is 2.15. The maximum Gasteiger partial charge on any atom is 0.320 e. The summed E-state index contributed by atoms with van der Waals surface area (Å²) >= 11 is 0. The van der Waals surface area contributed by atoms with Gasteiger partial charge in [0.1, 0.15) is 6.04 Å². The minimum Gasteiger partial charge on any atom is -0.480 e. The molecule has 1 heterocycles. The van der Waals surface area contributed by atoms with Gasteiger partial charge in [0.25, 0.3) is 0 Å². The van der Waals surface area contributed by atoms with E-state index in [0.717, 1.165) is 24.0 Å². The van der Waals surface area contributed by atoms with Gasteiger partial charge in [0.15, 0.2) is 5.82 Å². The van der Waals surface area contributed by atoms with Crippen LogP contribution in [0.25, 0.3) is 11.4 Å². The third-order valence-corrected chi connectivity index (χ3v) is 3.43. The molecule has 2 aromatic rings. The predicted molar refractivity (Wildman–Crippen MR) is 85.3 cm³/mol. The van der Waals surface area contributed by atoms with Gasteiger partial charge in [0.2, 0.25) is 0 Å². The molecule has 22 heavy (non-hydrogen) atoms. The van der Waals surface area contributed by atoms with Crippen LogP contribution in [0.2, 0.25) is 0 Å². The molecule has 1 aromatic heterocycles. The number of hydrogen-bond acceptors (Lipinski definition) is 4. The molecule has 1 atom stereocenters. The Hall–Kier alpha value is -2.27. The van der Waals surface area contributed by atoms with Gasteiger partial charge in [-0.25, -0.2) is 9.97 Å². The Labute approximate surface area is 130 Å². The summed E-state index contributed by atoms with van der Waals surface area (Å²) < 4.78 is 0. The van der Waals surface area contributed by atoms with E-state index in [9.17, 15) is 9.90 Å². The molecule has 0 aliphatic rings. The highest BCUT2D eigenvalue weighted by molar-refractivity contribution is 5.73. The number of carboxylic acids is 1. The Balaban J connectivity index is 1.95. The Morgan fingerprint density at radius 1 is 1.23 bits per heavy atom. The van der Waals surface area contributed by atoms with E-state index in [2.05, 4.69) is 22.2 Å². The van der Waals surface area contributed by atoms with Crippen LogP contribution in [0.4, 0.5) is 0 Å². The van der Waals surface area contributed by atoms with Crippen molar-refractivity contribution in [3.05, 3.63) is 48.3 Å². The van der Waals surface area contributed by atoms with Crippen LogP contribution in [0.5, 0.6) is 0 Å². The van der Waals surface area contributed by atoms with Crippen molar-refractivity contribution in [2.24, 2.45) is 0 Å². The molecule has 0 radical (unpaired) electrons. The zero-order valence-corrected chi connectivity index (χ0v) is 12.7. The summed E-state index contributed by atoms with van der Waals surface area (Å²) in [5.74, 6) is -0.139. The molecule has 0 saturated heterocycles. The molecule has 0 saturated carbocycles. The molecule has 2 N–H and O–H groups in total. The van der Waals surface area contributed by atoms with Crippen LogP contribution in [-0.2, 0) is 11.3 Å². The van der Waals surface area contributed by atoms with E-state index in [4.69, 9.17) is 0 Å². The van der Waals surface area contributed by atoms with E-state index in [1.165, 1.54) is 0 Å². The van der Waals surface area contributed by atoms with E-state index in [-0.39, 0.29) is 0 Å². The summed E-state index contributed by atoms with van der Waals surface area (Å²) in [5.41, 5.74) is 1.84. The van der Waals surface area contributed by atoms with Gasteiger partial charge in [-0.3, -0.25) is 4.79 Å². The van der Waals surface area contributed by atoms with Crippen LogP contribution < -0.4 is 5.32 Å². The van der Waals surface area contributed by atoms with E-state index in [0.29, 0.717) is 18.8 Å². The van der Waals surface area contributed by atoms with Crippen LogP contribution in [-0.4, -0.2) is 27.1 Å². The number of rotatable bonds is 8. The van der Waals surface area contributed by atoms with Crippen LogP contribution in [0, 0.1) is 0 Å². The second-order valence-corrected chi connectivity index (χ2v) is 5.19.